The van der Waals surface area contributed by atoms with E-state index in [2.05, 4.69) is 19.1 Å². The van der Waals surface area contributed by atoms with Crippen LogP contribution in [0.15, 0.2) is 48.5 Å². The van der Waals surface area contributed by atoms with Gasteiger partial charge in [0.05, 0.1) is 18.9 Å². The van der Waals surface area contributed by atoms with Gasteiger partial charge in [0, 0.05) is 6.42 Å². The number of aryl methyl sites for hydroxylation is 1. The first-order chi connectivity index (χ1) is 10.3. The molecule has 0 saturated heterocycles. The Morgan fingerprint density at radius 2 is 1.62 bits per heavy atom. The number of hydrogen-bond acceptors (Lipinski definition) is 3. The minimum absolute atomic E-state index is 0.599. The van der Waals surface area contributed by atoms with Gasteiger partial charge in [0.2, 0.25) is 0 Å². The monoisotopic (exact) mass is 285 g/mol. The highest BCUT2D eigenvalue weighted by atomic mass is 16.5. The maximum Gasteiger partial charge on any atom is 0.142 e. The molecule has 3 heteroatoms. The third kappa shape index (κ3) is 5.03. The second kappa shape index (κ2) is 8.20. The van der Waals surface area contributed by atoms with E-state index in [1.165, 1.54) is 12.0 Å². The third-order valence-corrected chi connectivity index (χ3v) is 3.20. The van der Waals surface area contributed by atoms with Gasteiger partial charge < -0.3 is 15.2 Å². The summed E-state index contributed by atoms with van der Waals surface area (Å²) in [5, 5.41) is 0. The van der Waals surface area contributed by atoms with E-state index in [0.29, 0.717) is 18.9 Å². The molecule has 0 aliphatic rings. The SMILES string of the molecule is CCCc1ccc(OCCCOc2ccccc2N)cc1. The van der Waals surface area contributed by atoms with Gasteiger partial charge in [-0.2, -0.15) is 0 Å². The maximum atomic E-state index is 5.81. The number of rotatable bonds is 8. The molecule has 0 atom stereocenters. The van der Waals surface area contributed by atoms with E-state index in [9.17, 15) is 0 Å². The molecule has 2 aromatic carbocycles. The first-order valence-corrected chi connectivity index (χ1v) is 7.48. The Morgan fingerprint density at radius 1 is 0.905 bits per heavy atom. The average molecular weight is 285 g/mol. The summed E-state index contributed by atoms with van der Waals surface area (Å²) in [6, 6.07) is 15.8. The molecule has 112 valence electrons. The fraction of sp³-hybridized carbons (Fsp3) is 0.333. The molecule has 0 spiro atoms. The van der Waals surface area contributed by atoms with E-state index in [0.717, 1.165) is 24.3 Å². The summed E-state index contributed by atoms with van der Waals surface area (Å²) < 4.78 is 11.3. The second-order valence-electron chi connectivity index (χ2n) is 4.98. The van der Waals surface area contributed by atoms with E-state index in [1.807, 2.05) is 36.4 Å². The topological polar surface area (TPSA) is 44.5 Å². The molecule has 3 nitrogen and oxygen atoms in total. The Balaban J connectivity index is 1.66. The van der Waals surface area contributed by atoms with Crippen molar-refractivity contribution in [2.75, 3.05) is 18.9 Å². The number of ether oxygens (including phenoxy) is 2. The quantitative estimate of drug-likeness (QED) is 0.587. The lowest BCUT2D eigenvalue weighted by Gasteiger charge is -2.10. The number of hydrogen-bond donors (Lipinski definition) is 1. The first-order valence-electron chi connectivity index (χ1n) is 7.48. The van der Waals surface area contributed by atoms with Crippen LogP contribution < -0.4 is 15.2 Å². The Labute approximate surface area is 126 Å². The van der Waals surface area contributed by atoms with Crippen LogP contribution in [-0.2, 0) is 6.42 Å². The van der Waals surface area contributed by atoms with E-state index < -0.39 is 0 Å². The minimum atomic E-state index is 0.599. The van der Waals surface area contributed by atoms with Crippen LogP contribution in [0.5, 0.6) is 11.5 Å². The Bertz CT molecular complexity index is 537. The summed E-state index contributed by atoms with van der Waals surface area (Å²) in [5.41, 5.74) is 7.83. The van der Waals surface area contributed by atoms with E-state index in [4.69, 9.17) is 15.2 Å². The number of para-hydroxylation sites is 2. The van der Waals surface area contributed by atoms with Crippen LogP contribution in [0, 0.1) is 0 Å². The van der Waals surface area contributed by atoms with Crippen LogP contribution in [0.4, 0.5) is 5.69 Å². The van der Waals surface area contributed by atoms with Crippen LogP contribution >= 0.6 is 0 Å². The van der Waals surface area contributed by atoms with Crippen LogP contribution in [0.25, 0.3) is 0 Å². The van der Waals surface area contributed by atoms with Gasteiger partial charge in [0.25, 0.3) is 0 Å². The summed E-state index contributed by atoms with van der Waals surface area (Å²) in [5.74, 6) is 1.65. The van der Waals surface area contributed by atoms with Crippen LogP contribution in [-0.4, -0.2) is 13.2 Å². The molecule has 0 aliphatic heterocycles. The van der Waals surface area contributed by atoms with Gasteiger partial charge in [0.1, 0.15) is 11.5 Å². The zero-order chi connectivity index (χ0) is 14.9. The highest BCUT2D eigenvalue weighted by Gasteiger charge is 1.99. The number of anilines is 1. The lowest BCUT2D eigenvalue weighted by Crippen LogP contribution is -2.06. The van der Waals surface area contributed by atoms with Crippen molar-refractivity contribution in [2.24, 2.45) is 0 Å². The van der Waals surface area contributed by atoms with Crippen molar-refractivity contribution in [3.05, 3.63) is 54.1 Å². The number of benzene rings is 2. The molecule has 0 bridgehead atoms. The normalized spacial score (nSPS) is 10.3. The molecule has 0 amide bonds. The van der Waals surface area contributed by atoms with E-state index in [-0.39, 0.29) is 0 Å². The molecular weight excluding hydrogens is 262 g/mol. The average Bonchev–Trinajstić information content (AvgIpc) is 2.51. The Morgan fingerprint density at radius 3 is 2.33 bits per heavy atom. The van der Waals surface area contributed by atoms with Gasteiger partial charge >= 0.3 is 0 Å². The molecule has 0 aliphatic carbocycles. The smallest absolute Gasteiger partial charge is 0.142 e. The highest BCUT2D eigenvalue weighted by Crippen LogP contribution is 2.19. The van der Waals surface area contributed by atoms with Crippen molar-refractivity contribution in [1.82, 2.24) is 0 Å². The van der Waals surface area contributed by atoms with Crippen molar-refractivity contribution in [1.29, 1.82) is 0 Å². The fourth-order valence-electron chi connectivity index (χ4n) is 2.08. The number of nitrogens with two attached hydrogens (primary N) is 1. The van der Waals surface area contributed by atoms with Crippen LogP contribution in [0.3, 0.4) is 0 Å². The number of nitrogen functional groups attached to an aromatic ring is 1. The molecular formula is C18H23NO2. The molecule has 2 N–H and O–H groups in total. The lowest BCUT2D eigenvalue weighted by atomic mass is 10.1. The van der Waals surface area contributed by atoms with Gasteiger partial charge in [-0.3, -0.25) is 0 Å². The maximum absolute atomic E-state index is 5.81. The van der Waals surface area contributed by atoms with E-state index >= 15 is 0 Å². The first kappa shape index (κ1) is 15.2. The van der Waals surface area contributed by atoms with Gasteiger partial charge in [-0.25, -0.2) is 0 Å². The Kier molecular flexibility index (Phi) is 5.95. The summed E-state index contributed by atoms with van der Waals surface area (Å²) >= 11 is 0. The molecule has 0 unspecified atom stereocenters. The molecule has 21 heavy (non-hydrogen) atoms. The van der Waals surface area contributed by atoms with Crippen molar-refractivity contribution in [2.45, 2.75) is 26.2 Å². The standard InChI is InChI=1S/C18H23NO2/c1-2-6-15-9-11-16(12-10-15)20-13-5-14-21-18-8-4-3-7-17(18)19/h3-4,7-12H,2,5-6,13-14,19H2,1H3. The highest BCUT2D eigenvalue weighted by molar-refractivity contribution is 5.51. The van der Waals surface area contributed by atoms with E-state index in [1.54, 1.807) is 0 Å². The zero-order valence-electron chi connectivity index (χ0n) is 12.5. The molecule has 0 aromatic heterocycles. The lowest BCUT2D eigenvalue weighted by molar-refractivity contribution is 0.248. The predicted molar refractivity (Wildman–Crippen MR) is 86.9 cm³/mol. The molecule has 2 rings (SSSR count). The van der Waals surface area contributed by atoms with Gasteiger partial charge in [-0.15, -0.1) is 0 Å². The van der Waals surface area contributed by atoms with Gasteiger partial charge in [-0.05, 0) is 36.2 Å². The largest absolute Gasteiger partial charge is 0.493 e. The molecule has 0 radical (unpaired) electrons. The van der Waals surface area contributed by atoms with Gasteiger partial charge in [0.15, 0.2) is 0 Å². The summed E-state index contributed by atoms with van der Waals surface area (Å²) in [4.78, 5) is 0. The minimum Gasteiger partial charge on any atom is -0.493 e. The third-order valence-electron chi connectivity index (χ3n) is 3.20. The molecule has 0 heterocycles. The van der Waals surface area contributed by atoms with Crippen LogP contribution in [0.1, 0.15) is 25.3 Å². The van der Waals surface area contributed by atoms with Crippen molar-refractivity contribution < 1.29 is 9.47 Å². The molecule has 0 fully saturated rings. The van der Waals surface area contributed by atoms with Crippen LogP contribution in [0.2, 0.25) is 0 Å². The summed E-state index contributed by atoms with van der Waals surface area (Å²) in [6.45, 7) is 3.42. The van der Waals surface area contributed by atoms with Crippen molar-refractivity contribution >= 4 is 5.69 Å². The van der Waals surface area contributed by atoms with Crippen molar-refractivity contribution in [3.63, 3.8) is 0 Å². The Hall–Kier alpha value is -2.16. The summed E-state index contributed by atoms with van der Waals surface area (Å²) in [7, 11) is 0. The molecule has 2 aromatic rings. The zero-order valence-corrected chi connectivity index (χ0v) is 12.5. The predicted octanol–water partition coefficient (Wildman–Crippen LogP) is 4.07. The van der Waals surface area contributed by atoms with Gasteiger partial charge in [-0.1, -0.05) is 37.6 Å². The summed E-state index contributed by atoms with van der Waals surface area (Å²) in [6.07, 6.45) is 3.11. The van der Waals surface area contributed by atoms with Crippen molar-refractivity contribution in [3.8, 4) is 11.5 Å². The second-order valence-corrected chi connectivity index (χ2v) is 4.98. The fourth-order valence-corrected chi connectivity index (χ4v) is 2.08. The molecule has 0 saturated carbocycles.